The molecule has 5 nitrogen and oxygen atoms in total. The van der Waals surface area contributed by atoms with Gasteiger partial charge < -0.3 is 14.8 Å². The number of amides is 2. The SMILES string of the molecule is CCCCN1C[C@@H]2c3[nH]c4ccccc4c3CC(C1=O)N2C(C)=O. The molecule has 4 rings (SSSR count). The molecular formula is C19H23N3O2. The lowest BCUT2D eigenvalue weighted by Crippen LogP contribution is -2.62. The molecule has 0 radical (unpaired) electrons. The second-order valence-corrected chi connectivity index (χ2v) is 6.86. The number of benzene rings is 1. The van der Waals surface area contributed by atoms with Crippen LogP contribution in [-0.2, 0) is 16.0 Å². The molecule has 0 aliphatic carbocycles. The Morgan fingerprint density at radius 1 is 1.29 bits per heavy atom. The third kappa shape index (κ3) is 2.14. The van der Waals surface area contributed by atoms with Gasteiger partial charge in [-0.05, 0) is 18.1 Å². The monoisotopic (exact) mass is 325 g/mol. The van der Waals surface area contributed by atoms with Gasteiger partial charge in [0, 0.05) is 43.0 Å². The van der Waals surface area contributed by atoms with Gasteiger partial charge in [-0.1, -0.05) is 31.5 Å². The number of piperazine rings is 1. The molecule has 1 unspecified atom stereocenters. The number of aromatic amines is 1. The fraction of sp³-hybridized carbons (Fsp3) is 0.474. The van der Waals surface area contributed by atoms with Crippen LogP contribution >= 0.6 is 0 Å². The molecule has 2 aliphatic rings. The van der Waals surface area contributed by atoms with E-state index in [2.05, 4.69) is 24.0 Å². The van der Waals surface area contributed by atoms with Crippen molar-refractivity contribution in [1.82, 2.24) is 14.8 Å². The maximum absolute atomic E-state index is 12.9. The summed E-state index contributed by atoms with van der Waals surface area (Å²) in [5.74, 6) is 0.0867. The standard InChI is InChI=1S/C19H23N3O2/c1-3-4-9-21-11-17-18-14(13-7-5-6-8-15(13)20-18)10-16(19(21)24)22(17)12(2)23/h5-8,16-17,20H,3-4,9-11H2,1-2H3/t16?,17-/m1/s1. The van der Waals surface area contributed by atoms with Gasteiger partial charge in [-0.2, -0.15) is 0 Å². The maximum atomic E-state index is 12.9. The summed E-state index contributed by atoms with van der Waals surface area (Å²) in [5.41, 5.74) is 3.41. The fourth-order valence-corrected chi connectivity index (χ4v) is 4.26. The lowest BCUT2D eigenvalue weighted by Gasteiger charge is -2.48. The summed E-state index contributed by atoms with van der Waals surface area (Å²) in [7, 11) is 0. The Morgan fingerprint density at radius 3 is 2.83 bits per heavy atom. The minimum Gasteiger partial charge on any atom is -0.356 e. The van der Waals surface area contributed by atoms with Gasteiger partial charge in [0.15, 0.2) is 0 Å². The van der Waals surface area contributed by atoms with Gasteiger partial charge in [0.1, 0.15) is 6.04 Å². The topological polar surface area (TPSA) is 56.4 Å². The Hall–Kier alpha value is -2.30. The van der Waals surface area contributed by atoms with E-state index in [9.17, 15) is 9.59 Å². The summed E-state index contributed by atoms with van der Waals surface area (Å²) in [4.78, 5) is 32.5. The normalized spacial score (nSPS) is 22.8. The average molecular weight is 325 g/mol. The number of nitrogens with one attached hydrogen (secondary N) is 1. The zero-order valence-electron chi connectivity index (χ0n) is 14.2. The number of unbranched alkanes of at least 4 members (excludes halogenated alkanes) is 1. The van der Waals surface area contributed by atoms with Gasteiger partial charge >= 0.3 is 0 Å². The number of nitrogens with zero attached hydrogens (tertiary/aromatic N) is 2. The Kier molecular flexibility index (Phi) is 3.59. The number of rotatable bonds is 3. The number of H-pyrrole nitrogens is 1. The van der Waals surface area contributed by atoms with Crippen LogP contribution in [0, 0.1) is 0 Å². The minimum absolute atomic E-state index is 0.0159. The van der Waals surface area contributed by atoms with Crippen molar-refractivity contribution >= 4 is 22.7 Å². The Bertz CT molecular complexity index is 810. The van der Waals surface area contributed by atoms with E-state index in [1.54, 1.807) is 11.8 Å². The Labute approximate surface area is 141 Å². The van der Waals surface area contributed by atoms with Gasteiger partial charge in [-0.3, -0.25) is 9.59 Å². The van der Waals surface area contributed by atoms with Gasteiger partial charge in [0.2, 0.25) is 11.8 Å². The van der Waals surface area contributed by atoms with Crippen molar-refractivity contribution in [3.8, 4) is 0 Å². The molecular weight excluding hydrogens is 302 g/mol. The van der Waals surface area contributed by atoms with E-state index < -0.39 is 0 Å². The van der Waals surface area contributed by atoms with Crippen molar-refractivity contribution < 1.29 is 9.59 Å². The van der Waals surface area contributed by atoms with Crippen LogP contribution < -0.4 is 0 Å². The van der Waals surface area contributed by atoms with E-state index in [0.29, 0.717) is 13.0 Å². The largest absolute Gasteiger partial charge is 0.356 e. The zero-order chi connectivity index (χ0) is 16.8. The first-order valence-electron chi connectivity index (χ1n) is 8.79. The summed E-state index contributed by atoms with van der Waals surface area (Å²) < 4.78 is 0. The summed E-state index contributed by atoms with van der Waals surface area (Å²) >= 11 is 0. The zero-order valence-corrected chi connectivity index (χ0v) is 14.2. The molecule has 1 N–H and O–H groups in total. The van der Waals surface area contributed by atoms with Gasteiger partial charge in [0.05, 0.1) is 6.04 Å². The average Bonchev–Trinajstić information content (AvgIpc) is 2.94. The molecule has 2 atom stereocenters. The Balaban J connectivity index is 1.81. The third-order valence-corrected chi connectivity index (χ3v) is 5.38. The number of fused-ring (bicyclic) bond motifs is 6. The van der Waals surface area contributed by atoms with Crippen LogP contribution in [-0.4, -0.2) is 45.7 Å². The highest BCUT2D eigenvalue weighted by Crippen LogP contribution is 2.40. The molecule has 5 heteroatoms. The summed E-state index contributed by atoms with van der Waals surface area (Å²) in [6, 6.07) is 7.79. The minimum atomic E-state index is -0.357. The van der Waals surface area contributed by atoms with Gasteiger partial charge in [-0.15, -0.1) is 0 Å². The highest BCUT2D eigenvalue weighted by Gasteiger charge is 2.47. The maximum Gasteiger partial charge on any atom is 0.245 e. The summed E-state index contributed by atoms with van der Waals surface area (Å²) in [5, 5.41) is 1.18. The van der Waals surface area contributed by atoms with E-state index in [0.717, 1.165) is 30.6 Å². The number of para-hydroxylation sites is 1. The molecule has 3 heterocycles. The van der Waals surface area contributed by atoms with Crippen LogP contribution in [0.1, 0.15) is 44.0 Å². The number of hydrogen-bond acceptors (Lipinski definition) is 2. The van der Waals surface area contributed by atoms with E-state index in [4.69, 9.17) is 0 Å². The highest BCUT2D eigenvalue weighted by molar-refractivity contribution is 5.93. The van der Waals surface area contributed by atoms with Crippen LogP contribution in [0.25, 0.3) is 10.9 Å². The highest BCUT2D eigenvalue weighted by atomic mass is 16.2. The fourth-order valence-electron chi connectivity index (χ4n) is 4.26. The second kappa shape index (κ2) is 5.65. The molecule has 1 fully saturated rings. The molecule has 24 heavy (non-hydrogen) atoms. The molecule has 2 bridgehead atoms. The van der Waals surface area contributed by atoms with Crippen molar-refractivity contribution in [2.75, 3.05) is 13.1 Å². The molecule has 2 amide bonds. The molecule has 2 aromatic rings. The smallest absolute Gasteiger partial charge is 0.245 e. The van der Waals surface area contributed by atoms with E-state index in [-0.39, 0.29) is 23.9 Å². The quantitative estimate of drug-likeness (QED) is 0.943. The van der Waals surface area contributed by atoms with Crippen molar-refractivity contribution in [3.05, 3.63) is 35.5 Å². The Morgan fingerprint density at radius 2 is 2.08 bits per heavy atom. The van der Waals surface area contributed by atoms with Crippen molar-refractivity contribution in [2.24, 2.45) is 0 Å². The van der Waals surface area contributed by atoms with Crippen molar-refractivity contribution in [1.29, 1.82) is 0 Å². The predicted octanol–water partition coefficient (Wildman–Crippen LogP) is 2.62. The number of aromatic nitrogens is 1. The molecule has 0 spiro atoms. The third-order valence-electron chi connectivity index (χ3n) is 5.38. The van der Waals surface area contributed by atoms with Crippen LogP contribution in [0.2, 0.25) is 0 Å². The van der Waals surface area contributed by atoms with E-state index in [1.165, 1.54) is 10.9 Å². The summed E-state index contributed by atoms with van der Waals surface area (Å²) in [6.45, 7) is 5.08. The van der Waals surface area contributed by atoms with Crippen molar-refractivity contribution in [2.45, 2.75) is 45.2 Å². The molecule has 1 aromatic carbocycles. The van der Waals surface area contributed by atoms with E-state index in [1.807, 2.05) is 17.0 Å². The van der Waals surface area contributed by atoms with Crippen LogP contribution in [0.5, 0.6) is 0 Å². The number of hydrogen-bond donors (Lipinski definition) is 1. The predicted molar refractivity (Wildman–Crippen MR) is 92.5 cm³/mol. The van der Waals surface area contributed by atoms with Crippen LogP contribution in [0.4, 0.5) is 0 Å². The van der Waals surface area contributed by atoms with Crippen molar-refractivity contribution in [3.63, 3.8) is 0 Å². The van der Waals surface area contributed by atoms with Gasteiger partial charge in [-0.25, -0.2) is 0 Å². The van der Waals surface area contributed by atoms with Gasteiger partial charge in [0.25, 0.3) is 0 Å². The number of carbonyl (C=O) groups is 2. The number of carbonyl (C=O) groups excluding carboxylic acids is 2. The lowest BCUT2D eigenvalue weighted by atomic mass is 9.87. The first kappa shape index (κ1) is 15.2. The van der Waals surface area contributed by atoms with Crippen LogP contribution in [0.3, 0.4) is 0 Å². The van der Waals surface area contributed by atoms with E-state index >= 15 is 0 Å². The first-order valence-corrected chi connectivity index (χ1v) is 8.79. The molecule has 126 valence electrons. The second-order valence-electron chi connectivity index (χ2n) is 6.86. The first-order chi connectivity index (χ1) is 11.6. The van der Waals surface area contributed by atoms with Crippen LogP contribution in [0.15, 0.2) is 24.3 Å². The molecule has 1 saturated heterocycles. The molecule has 0 saturated carbocycles. The lowest BCUT2D eigenvalue weighted by molar-refractivity contribution is -0.156. The summed E-state index contributed by atoms with van der Waals surface area (Å²) in [6.07, 6.45) is 2.68. The molecule has 1 aromatic heterocycles. The molecule has 2 aliphatic heterocycles.